The van der Waals surface area contributed by atoms with E-state index in [1.54, 1.807) is 13.8 Å². The molecule has 2 aromatic heterocycles. The second-order valence-corrected chi connectivity index (χ2v) is 5.61. The Hall–Kier alpha value is -4.02. The van der Waals surface area contributed by atoms with E-state index in [2.05, 4.69) is 5.10 Å². The number of furan rings is 1. The van der Waals surface area contributed by atoms with Crippen molar-refractivity contribution in [3.05, 3.63) is 67.9 Å². The number of esters is 1. The van der Waals surface area contributed by atoms with Gasteiger partial charge in [-0.15, -0.1) is 0 Å². The maximum atomic E-state index is 12.4. The topological polar surface area (TPSA) is 144 Å². The van der Waals surface area contributed by atoms with Crippen molar-refractivity contribution in [3.8, 4) is 17.1 Å². The van der Waals surface area contributed by atoms with Crippen LogP contribution in [-0.2, 0) is 4.74 Å². The quantitative estimate of drug-likeness (QED) is 0.356. The van der Waals surface area contributed by atoms with E-state index in [0.29, 0.717) is 11.4 Å². The van der Waals surface area contributed by atoms with Crippen LogP contribution in [0.15, 0.2) is 40.8 Å². The summed E-state index contributed by atoms with van der Waals surface area (Å²) in [5.74, 6) is -1.13. The zero-order valence-corrected chi connectivity index (χ0v) is 14.8. The van der Waals surface area contributed by atoms with Crippen molar-refractivity contribution in [1.29, 1.82) is 0 Å². The van der Waals surface area contributed by atoms with E-state index in [1.807, 2.05) is 0 Å². The van der Waals surface area contributed by atoms with Gasteiger partial charge in [-0.3, -0.25) is 20.2 Å². The summed E-state index contributed by atoms with van der Waals surface area (Å²) in [5, 5.41) is 26.0. The van der Waals surface area contributed by atoms with Gasteiger partial charge in [0, 0.05) is 12.1 Å². The van der Waals surface area contributed by atoms with E-state index in [-0.39, 0.29) is 29.3 Å². The largest absolute Gasteiger partial charge is 0.462 e. The average molecular weight is 386 g/mol. The van der Waals surface area contributed by atoms with Crippen LogP contribution in [0, 0.1) is 27.2 Å². The predicted octanol–water partition coefficient (Wildman–Crippen LogP) is 3.43. The number of aromatic nitrogens is 2. The van der Waals surface area contributed by atoms with E-state index in [0.717, 1.165) is 6.07 Å². The number of rotatable bonds is 6. The summed E-state index contributed by atoms with van der Waals surface area (Å²) < 4.78 is 11.6. The molecule has 11 heteroatoms. The maximum Gasteiger partial charge on any atom is 0.433 e. The second-order valence-electron chi connectivity index (χ2n) is 5.61. The monoisotopic (exact) mass is 386 g/mol. The molecule has 0 atom stereocenters. The van der Waals surface area contributed by atoms with Crippen molar-refractivity contribution in [2.24, 2.45) is 0 Å². The van der Waals surface area contributed by atoms with Gasteiger partial charge in [-0.2, -0.15) is 5.10 Å². The zero-order valence-electron chi connectivity index (χ0n) is 14.8. The van der Waals surface area contributed by atoms with Gasteiger partial charge in [0.1, 0.15) is 16.2 Å². The summed E-state index contributed by atoms with van der Waals surface area (Å²) in [7, 11) is 0. The van der Waals surface area contributed by atoms with Crippen LogP contribution in [0.4, 0.5) is 11.6 Å². The normalized spacial score (nSPS) is 10.6. The summed E-state index contributed by atoms with van der Waals surface area (Å²) in [4.78, 5) is 32.9. The van der Waals surface area contributed by atoms with Gasteiger partial charge in [-0.05, 0) is 32.0 Å². The third-order valence-electron chi connectivity index (χ3n) is 3.91. The lowest BCUT2D eigenvalue weighted by Gasteiger charge is -2.05. The van der Waals surface area contributed by atoms with Gasteiger partial charge in [0.05, 0.1) is 29.0 Å². The molecule has 0 amide bonds. The number of benzene rings is 1. The van der Waals surface area contributed by atoms with Crippen LogP contribution in [0.25, 0.3) is 17.1 Å². The highest BCUT2D eigenvalue weighted by molar-refractivity contribution is 5.97. The molecule has 28 heavy (non-hydrogen) atoms. The van der Waals surface area contributed by atoms with Crippen LogP contribution in [0.2, 0.25) is 0 Å². The molecule has 0 N–H and O–H groups in total. The Morgan fingerprint density at radius 3 is 2.36 bits per heavy atom. The molecule has 0 bridgehead atoms. The lowest BCUT2D eigenvalue weighted by Crippen LogP contribution is -2.07. The van der Waals surface area contributed by atoms with Crippen LogP contribution in [0.1, 0.15) is 23.0 Å². The average Bonchev–Trinajstić information content (AvgIpc) is 3.27. The Kier molecular flexibility index (Phi) is 4.90. The SMILES string of the molecule is CCOC(=O)c1c(-c2ccc([N+](=O)[O-])o2)nn(-c2ccc([N+](=O)[O-])cc2)c1C. The molecule has 0 aliphatic rings. The van der Waals surface area contributed by atoms with Crippen LogP contribution in [-0.4, -0.2) is 32.2 Å². The highest BCUT2D eigenvalue weighted by Crippen LogP contribution is 2.31. The minimum Gasteiger partial charge on any atom is -0.462 e. The minimum atomic E-state index is -0.701. The fourth-order valence-electron chi connectivity index (χ4n) is 2.64. The Morgan fingerprint density at radius 2 is 1.82 bits per heavy atom. The molecular formula is C17H14N4O7. The molecule has 1 aromatic carbocycles. The van der Waals surface area contributed by atoms with Crippen molar-refractivity contribution >= 4 is 17.5 Å². The summed E-state index contributed by atoms with van der Waals surface area (Å²) in [6.45, 7) is 3.38. The number of hydrogen-bond acceptors (Lipinski definition) is 8. The Balaban J connectivity index is 2.15. The van der Waals surface area contributed by atoms with Gasteiger partial charge in [0.2, 0.25) is 0 Å². The van der Waals surface area contributed by atoms with Crippen molar-refractivity contribution in [1.82, 2.24) is 9.78 Å². The zero-order chi connectivity index (χ0) is 20.4. The van der Waals surface area contributed by atoms with Gasteiger partial charge in [0.25, 0.3) is 5.69 Å². The van der Waals surface area contributed by atoms with Crippen LogP contribution < -0.4 is 0 Å². The highest BCUT2D eigenvalue weighted by Gasteiger charge is 2.27. The first kappa shape index (κ1) is 18.8. The number of nitrogens with zero attached hydrogens (tertiary/aromatic N) is 4. The smallest absolute Gasteiger partial charge is 0.433 e. The fraction of sp³-hybridized carbons (Fsp3) is 0.176. The van der Waals surface area contributed by atoms with Crippen LogP contribution in [0.3, 0.4) is 0 Å². The number of carbonyl (C=O) groups excluding carboxylic acids is 1. The van der Waals surface area contributed by atoms with Gasteiger partial charge < -0.3 is 9.15 Å². The summed E-state index contributed by atoms with van der Waals surface area (Å²) >= 11 is 0. The lowest BCUT2D eigenvalue weighted by molar-refractivity contribution is -0.401. The highest BCUT2D eigenvalue weighted by atomic mass is 16.6. The molecule has 0 fully saturated rings. The van der Waals surface area contributed by atoms with Crippen molar-refractivity contribution in [2.45, 2.75) is 13.8 Å². The first-order valence-electron chi connectivity index (χ1n) is 8.09. The maximum absolute atomic E-state index is 12.4. The lowest BCUT2D eigenvalue weighted by atomic mass is 10.1. The van der Waals surface area contributed by atoms with Gasteiger partial charge in [0.15, 0.2) is 5.76 Å². The molecule has 0 saturated carbocycles. The van der Waals surface area contributed by atoms with Crippen molar-refractivity contribution in [3.63, 3.8) is 0 Å². The summed E-state index contributed by atoms with van der Waals surface area (Å²) in [6.07, 6.45) is 0. The Morgan fingerprint density at radius 1 is 1.14 bits per heavy atom. The molecule has 0 saturated heterocycles. The number of non-ortho nitro benzene ring substituents is 1. The molecular weight excluding hydrogens is 372 g/mol. The number of nitro benzene ring substituents is 1. The Labute approximate surface area is 157 Å². The molecule has 0 aliphatic carbocycles. The fourth-order valence-corrected chi connectivity index (χ4v) is 2.64. The Bertz CT molecular complexity index is 1070. The van der Waals surface area contributed by atoms with Gasteiger partial charge in [-0.25, -0.2) is 9.48 Å². The first-order valence-corrected chi connectivity index (χ1v) is 8.09. The molecule has 0 spiro atoms. The summed E-state index contributed by atoms with van der Waals surface area (Å²) in [6, 6.07) is 8.05. The second kappa shape index (κ2) is 7.31. The first-order chi connectivity index (χ1) is 13.3. The molecule has 0 unspecified atom stereocenters. The molecule has 0 aliphatic heterocycles. The van der Waals surface area contributed by atoms with Gasteiger partial charge in [-0.1, -0.05) is 0 Å². The molecule has 3 rings (SSSR count). The third kappa shape index (κ3) is 3.32. The molecule has 144 valence electrons. The van der Waals surface area contributed by atoms with E-state index in [4.69, 9.17) is 9.15 Å². The van der Waals surface area contributed by atoms with Crippen molar-refractivity contribution < 1.29 is 23.8 Å². The van der Waals surface area contributed by atoms with E-state index < -0.39 is 21.7 Å². The number of carbonyl (C=O) groups is 1. The minimum absolute atomic E-state index is 0.0264. The van der Waals surface area contributed by atoms with Gasteiger partial charge >= 0.3 is 11.9 Å². The predicted molar refractivity (Wildman–Crippen MR) is 95.3 cm³/mol. The number of ether oxygens (including phenoxy) is 1. The van der Waals surface area contributed by atoms with Crippen LogP contribution in [0.5, 0.6) is 0 Å². The number of nitro groups is 2. The standard InChI is InChI=1S/C17H14N4O7/c1-3-27-17(22)15-10(2)19(11-4-6-12(7-5-11)20(23)24)18-16(15)13-8-9-14(28-13)21(25)26/h4-9H,3H2,1-2H3. The molecule has 3 aromatic rings. The van der Waals surface area contributed by atoms with E-state index in [9.17, 15) is 25.0 Å². The number of hydrogen-bond donors (Lipinski definition) is 0. The summed E-state index contributed by atoms with van der Waals surface area (Å²) in [5.41, 5.74) is 0.912. The van der Waals surface area contributed by atoms with Crippen LogP contribution >= 0.6 is 0 Å². The third-order valence-corrected chi connectivity index (χ3v) is 3.91. The molecule has 2 heterocycles. The molecule has 11 nitrogen and oxygen atoms in total. The van der Waals surface area contributed by atoms with E-state index >= 15 is 0 Å². The molecule has 0 radical (unpaired) electrons. The van der Waals surface area contributed by atoms with E-state index in [1.165, 1.54) is 35.0 Å². The van der Waals surface area contributed by atoms with Crippen molar-refractivity contribution in [2.75, 3.05) is 6.61 Å².